The number of amides is 1. The van der Waals surface area contributed by atoms with E-state index in [1.165, 1.54) is 6.07 Å². The maximum atomic E-state index is 12.7. The third-order valence-electron chi connectivity index (χ3n) is 5.43. The second kappa shape index (κ2) is 11.2. The van der Waals surface area contributed by atoms with Crippen LogP contribution in [0.4, 0.5) is 13.2 Å². The Kier molecular flexibility index (Phi) is 8.39. The van der Waals surface area contributed by atoms with Gasteiger partial charge < -0.3 is 14.4 Å². The van der Waals surface area contributed by atoms with Crippen LogP contribution in [0.1, 0.15) is 24.0 Å². The molecule has 1 aliphatic heterocycles. The third kappa shape index (κ3) is 7.75. The summed E-state index contributed by atoms with van der Waals surface area (Å²) in [6, 6.07) is 14.5. The van der Waals surface area contributed by atoms with E-state index in [1.54, 1.807) is 19.2 Å². The number of ether oxygens (including phenoxy) is 2. The first-order chi connectivity index (χ1) is 15.3. The van der Waals surface area contributed by atoms with Gasteiger partial charge in [0.15, 0.2) is 6.61 Å². The van der Waals surface area contributed by atoms with Gasteiger partial charge in [0.25, 0.3) is 0 Å². The van der Waals surface area contributed by atoms with E-state index in [0.717, 1.165) is 36.4 Å². The molecule has 2 aromatic rings. The van der Waals surface area contributed by atoms with E-state index in [-0.39, 0.29) is 11.7 Å². The van der Waals surface area contributed by atoms with Crippen LogP contribution in [0.3, 0.4) is 0 Å². The number of halogens is 3. The van der Waals surface area contributed by atoms with Gasteiger partial charge >= 0.3 is 6.18 Å². The Morgan fingerprint density at radius 3 is 2.47 bits per heavy atom. The summed E-state index contributed by atoms with van der Waals surface area (Å²) in [5.74, 6) is 1.15. The Morgan fingerprint density at radius 1 is 0.969 bits per heavy atom. The first kappa shape index (κ1) is 23.9. The number of benzene rings is 2. The lowest BCUT2D eigenvalue weighted by Crippen LogP contribution is -2.35. The molecule has 174 valence electrons. The molecule has 8 heteroatoms. The van der Waals surface area contributed by atoms with Crippen molar-refractivity contribution < 1.29 is 27.4 Å². The van der Waals surface area contributed by atoms with Gasteiger partial charge in [-0.25, -0.2) is 0 Å². The molecule has 1 amide bonds. The van der Waals surface area contributed by atoms with Gasteiger partial charge in [0.05, 0.1) is 7.11 Å². The van der Waals surface area contributed by atoms with E-state index in [4.69, 9.17) is 9.47 Å². The van der Waals surface area contributed by atoms with Gasteiger partial charge in [0.2, 0.25) is 5.91 Å². The summed E-state index contributed by atoms with van der Waals surface area (Å²) >= 11 is 0. The molecule has 0 atom stereocenters. The van der Waals surface area contributed by atoms with Crippen LogP contribution in [0, 0.1) is 0 Å². The van der Waals surface area contributed by atoms with Crippen LogP contribution in [0.5, 0.6) is 11.5 Å². The lowest BCUT2D eigenvalue weighted by Gasteiger charge is -2.22. The molecule has 0 bridgehead atoms. The maximum absolute atomic E-state index is 12.7. The molecule has 0 unspecified atom stereocenters. The van der Waals surface area contributed by atoms with Crippen molar-refractivity contribution in [2.45, 2.75) is 32.0 Å². The minimum Gasteiger partial charge on any atom is -0.497 e. The topological polar surface area (TPSA) is 42.0 Å². The standard InChI is InChI=1S/C24H29F3N2O3/c1-31-21-9-6-19(7-10-21)8-11-23(30)29-13-3-12-28(14-15-29)17-20-4-2-5-22(16-20)32-18-24(25,26)27/h2,4-7,9-10,16H,3,8,11-15,17-18H2,1H3. The van der Waals surface area contributed by atoms with Crippen LogP contribution in [0.15, 0.2) is 48.5 Å². The summed E-state index contributed by atoms with van der Waals surface area (Å²) in [5.41, 5.74) is 1.99. The summed E-state index contributed by atoms with van der Waals surface area (Å²) in [6.45, 7) is 2.22. The molecule has 0 N–H and O–H groups in total. The molecule has 1 fully saturated rings. The van der Waals surface area contributed by atoms with Crippen molar-refractivity contribution in [3.05, 3.63) is 59.7 Å². The van der Waals surface area contributed by atoms with Crippen LogP contribution in [-0.4, -0.2) is 61.8 Å². The summed E-state index contributed by atoms with van der Waals surface area (Å²) < 4.78 is 47.1. The minimum absolute atomic E-state index is 0.144. The van der Waals surface area contributed by atoms with E-state index < -0.39 is 12.8 Å². The number of carbonyl (C=O) groups is 1. The zero-order valence-electron chi connectivity index (χ0n) is 18.2. The van der Waals surface area contributed by atoms with E-state index >= 15 is 0 Å². The highest BCUT2D eigenvalue weighted by atomic mass is 19.4. The number of nitrogens with zero attached hydrogens (tertiary/aromatic N) is 2. The molecule has 1 heterocycles. The summed E-state index contributed by atoms with van der Waals surface area (Å²) in [7, 11) is 1.62. The molecule has 0 spiro atoms. The second-order valence-corrected chi connectivity index (χ2v) is 7.91. The summed E-state index contributed by atoms with van der Waals surface area (Å²) in [5, 5.41) is 0. The van der Waals surface area contributed by atoms with Gasteiger partial charge in [-0.15, -0.1) is 0 Å². The Hall–Kier alpha value is -2.74. The predicted molar refractivity (Wildman–Crippen MR) is 116 cm³/mol. The van der Waals surface area contributed by atoms with Gasteiger partial charge in [0, 0.05) is 39.1 Å². The Balaban J connectivity index is 1.46. The SMILES string of the molecule is COc1ccc(CCC(=O)N2CCCN(Cc3cccc(OCC(F)(F)F)c3)CC2)cc1. The average molecular weight is 451 g/mol. The molecule has 0 aromatic heterocycles. The van der Waals surface area contributed by atoms with Crippen LogP contribution < -0.4 is 9.47 Å². The first-order valence-corrected chi connectivity index (χ1v) is 10.7. The number of hydrogen-bond donors (Lipinski definition) is 0. The van der Waals surface area contributed by atoms with Crippen LogP contribution >= 0.6 is 0 Å². The zero-order chi connectivity index (χ0) is 23.0. The number of methoxy groups -OCH3 is 1. The highest BCUT2D eigenvalue weighted by Gasteiger charge is 2.28. The lowest BCUT2D eigenvalue weighted by atomic mass is 10.1. The maximum Gasteiger partial charge on any atom is 0.422 e. The average Bonchev–Trinajstić information content (AvgIpc) is 3.02. The molecule has 0 saturated carbocycles. The smallest absolute Gasteiger partial charge is 0.422 e. The molecule has 1 saturated heterocycles. The van der Waals surface area contributed by atoms with Crippen LogP contribution in [0.2, 0.25) is 0 Å². The van der Waals surface area contributed by atoms with Crippen molar-refractivity contribution in [3.63, 3.8) is 0 Å². The normalized spacial score (nSPS) is 15.3. The second-order valence-electron chi connectivity index (χ2n) is 7.91. The van der Waals surface area contributed by atoms with Gasteiger partial charge in [-0.05, 0) is 48.2 Å². The Bertz CT molecular complexity index is 872. The highest BCUT2D eigenvalue weighted by molar-refractivity contribution is 5.76. The fourth-order valence-corrected chi connectivity index (χ4v) is 3.74. The number of hydrogen-bond acceptors (Lipinski definition) is 4. The largest absolute Gasteiger partial charge is 0.497 e. The first-order valence-electron chi connectivity index (χ1n) is 10.7. The van der Waals surface area contributed by atoms with Crippen LogP contribution in [-0.2, 0) is 17.8 Å². The summed E-state index contributed by atoms with van der Waals surface area (Å²) in [6.07, 6.45) is -2.35. The van der Waals surface area contributed by atoms with Gasteiger partial charge in [-0.3, -0.25) is 9.69 Å². The van der Waals surface area contributed by atoms with Crippen molar-refractivity contribution in [2.24, 2.45) is 0 Å². The molecule has 0 radical (unpaired) electrons. The van der Waals surface area contributed by atoms with Crippen molar-refractivity contribution >= 4 is 5.91 Å². The molecule has 5 nitrogen and oxygen atoms in total. The van der Waals surface area contributed by atoms with E-state index in [0.29, 0.717) is 32.5 Å². The molecular formula is C24H29F3N2O3. The number of carbonyl (C=O) groups excluding carboxylic acids is 1. The van der Waals surface area contributed by atoms with E-state index in [2.05, 4.69) is 4.90 Å². The van der Waals surface area contributed by atoms with E-state index in [9.17, 15) is 18.0 Å². The molecule has 1 aliphatic rings. The van der Waals surface area contributed by atoms with Gasteiger partial charge in [-0.2, -0.15) is 13.2 Å². The predicted octanol–water partition coefficient (Wildman–Crippen LogP) is 4.30. The zero-order valence-corrected chi connectivity index (χ0v) is 18.2. The van der Waals surface area contributed by atoms with Crippen molar-refractivity contribution in [3.8, 4) is 11.5 Å². The number of rotatable bonds is 8. The van der Waals surface area contributed by atoms with E-state index in [1.807, 2.05) is 35.2 Å². The van der Waals surface area contributed by atoms with Crippen LogP contribution in [0.25, 0.3) is 0 Å². The number of alkyl halides is 3. The van der Waals surface area contributed by atoms with Gasteiger partial charge in [-0.1, -0.05) is 24.3 Å². The lowest BCUT2D eigenvalue weighted by molar-refractivity contribution is -0.153. The molecule has 0 aliphatic carbocycles. The van der Waals surface area contributed by atoms with Gasteiger partial charge in [0.1, 0.15) is 11.5 Å². The van der Waals surface area contributed by atoms with Crippen molar-refractivity contribution in [1.29, 1.82) is 0 Å². The monoisotopic (exact) mass is 450 g/mol. The summed E-state index contributed by atoms with van der Waals surface area (Å²) in [4.78, 5) is 16.8. The fraction of sp³-hybridized carbons (Fsp3) is 0.458. The Labute approximate surface area is 186 Å². The number of aryl methyl sites for hydroxylation is 1. The quantitative estimate of drug-likeness (QED) is 0.601. The third-order valence-corrected chi connectivity index (χ3v) is 5.43. The van der Waals surface area contributed by atoms with Crippen molar-refractivity contribution in [1.82, 2.24) is 9.80 Å². The minimum atomic E-state index is -4.36. The molecular weight excluding hydrogens is 421 g/mol. The van der Waals surface area contributed by atoms with Crippen molar-refractivity contribution in [2.75, 3.05) is 39.9 Å². The molecule has 3 rings (SSSR count). The fourth-order valence-electron chi connectivity index (χ4n) is 3.74. The molecule has 2 aromatic carbocycles. The molecule has 32 heavy (non-hydrogen) atoms. The Morgan fingerprint density at radius 2 is 1.75 bits per heavy atom. The highest BCUT2D eigenvalue weighted by Crippen LogP contribution is 2.20.